The van der Waals surface area contributed by atoms with Gasteiger partial charge in [-0.25, -0.2) is 9.97 Å². The molecule has 0 saturated carbocycles. The summed E-state index contributed by atoms with van der Waals surface area (Å²) in [5.41, 5.74) is -0.790. The van der Waals surface area contributed by atoms with Gasteiger partial charge in [0.15, 0.2) is 5.03 Å². The third-order valence-corrected chi connectivity index (χ3v) is 5.54. The lowest BCUT2D eigenvalue weighted by molar-refractivity contribution is -0.137. The molecule has 0 amide bonds. The van der Waals surface area contributed by atoms with Gasteiger partial charge in [-0.05, 0) is 45.8 Å². The van der Waals surface area contributed by atoms with Crippen LogP contribution in [-0.4, -0.2) is 18.4 Å². The van der Waals surface area contributed by atoms with Crippen molar-refractivity contribution in [3.8, 4) is 11.3 Å². The zero-order valence-electron chi connectivity index (χ0n) is 14.6. The van der Waals surface area contributed by atoms with E-state index < -0.39 is 27.5 Å². The van der Waals surface area contributed by atoms with Crippen LogP contribution in [0.15, 0.2) is 70.8 Å². The van der Waals surface area contributed by atoms with Crippen LogP contribution in [-0.2, 0) is 16.2 Å². The third-order valence-electron chi connectivity index (χ3n) is 3.84. The fraction of sp³-hybridized carbons (Fsp3) is 0.0526. The number of benzene rings is 1. The van der Waals surface area contributed by atoms with E-state index in [2.05, 4.69) is 37.2 Å². The number of alkyl halides is 3. The van der Waals surface area contributed by atoms with Gasteiger partial charge in [0.1, 0.15) is 10.4 Å². The summed E-state index contributed by atoms with van der Waals surface area (Å²) in [6.07, 6.45) is -3.28. The maximum absolute atomic E-state index is 13.5. The molecule has 0 radical (unpaired) electrons. The van der Waals surface area contributed by atoms with Crippen molar-refractivity contribution >= 4 is 37.8 Å². The highest BCUT2D eigenvalue weighted by Gasteiger charge is 2.35. The number of nitrogens with zero attached hydrogens (tertiary/aromatic N) is 2. The number of hydrogen-bond acceptors (Lipinski definition) is 4. The first-order valence-corrected chi connectivity index (χ1v) is 10.3. The van der Waals surface area contributed by atoms with Crippen LogP contribution in [0.4, 0.5) is 19.0 Å². The molecule has 150 valence electrons. The Hall–Kier alpha value is -2.72. The van der Waals surface area contributed by atoms with Crippen molar-refractivity contribution in [3.63, 3.8) is 0 Å². The van der Waals surface area contributed by atoms with Gasteiger partial charge in [-0.2, -0.15) is 21.6 Å². The minimum Gasteiger partial charge on any atom is -0.262 e. The first-order chi connectivity index (χ1) is 13.6. The Kier molecular flexibility index (Phi) is 5.76. The zero-order chi connectivity index (χ0) is 21.2. The van der Waals surface area contributed by atoms with Crippen LogP contribution in [0.25, 0.3) is 17.3 Å². The second-order valence-corrected chi connectivity index (χ2v) is 8.23. The Morgan fingerprint density at radius 1 is 1.00 bits per heavy atom. The summed E-state index contributed by atoms with van der Waals surface area (Å²) in [6.45, 7) is 3.61. The SMILES string of the molecule is C=Cc1ccccc1-c1nc(NS(=O)(=O)c2cccc(Br)n2)ccc1C(F)(F)F. The molecule has 0 aliphatic rings. The van der Waals surface area contributed by atoms with Gasteiger partial charge >= 0.3 is 6.18 Å². The number of anilines is 1. The number of aromatic nitrogens is 2. The van der Waals surface area contributed by atoms with Gasteiger partial charge in [-0.3, -0.25) is 4.72 Å². The lowest BCUT2D eigenvalue weighted by Gasteiger charge is -2.16. The van der Waals surface area contributed by atoms with E-state index in [0.717, 1.165) is 12.1 Å². The van der Waals surface area contributed by atoms with Gasteiger partial charge in [0.25, 0.3) is 10.0 Å². The van der Waals surface area contributed by atoms with Crippen LogP contribution in [0.1, 0.15) is 11.1 Å². The van der Waals surface area contributed by atoms with Crippen LogP contribution in [0.3, 0.4) is 0 Å². The molecule has 0 spiro atoms. The van der Waals surface area contributed by atoms with Crippen molar-refractivity contribution in [1.29, 1.82) is 0 Å². The van der Waals surface area contributed by atoms with Crippen LogP contribution >= 0.6 is 15.9 Å². The molecule has 29 heavy (non-hydrogen) atoms. The van der Waals surface area contributed by atoms with E-state index in [4.69, 9.17) is 0 Å². The largest absolute Gasteiger partial charge is 0.418 e. The first kappa shape index (κ1) is 21.0. The van der Waals surface area contributed by atoms with Gasteiger partial charge in [-0.1, -0.05) is 43.0 Å². The van der Waals surface area contributed by atoms with E-state index in [1.54, 1.807) is 24.3 Å². The maximum atomic E-state index is 13.5. The Morgan fingerprint density at radius 3 is 2.38 bits per heavy atom. The van der Waals surface area contributed by atoms with E-state index in [0.29, 0.717) is 10.2 Å². The van der Waals surface area contributed by atoms with Crippen molar-refractivity contribution in [2.45, 2.75) is 11.2 Å². The average Bonchev–Trinajstić information content (AvgIpc) is 2.66. The number of rotatable bonds is 5. The maximum Gasteiger partial charge on any atom is 0.418 e. The van der Waals surface area contributed by atoms with E-state index in [-0.39, 0.29) is 16.4 Å². The first-order valence-electron chi connectivity index (χ1n) is 8.07. The number of sulfonamides is 1. The monoisotopic (exact) mass is 483 g/mol. The van der Waals surface area contributed by atoms with Gasteiger partial charge in [0.2, 0.25) is 0 Å². The molecule has 1 N–H and O–H groups in total. The number of hydrogen-bond donors (Lipinski definition) is 1. The van der Waals surface area contributed by atoms with E-state index in [9.17, 15) is 21.6 Å². The Bertz CT molecular complexity index is 1180. The lowest BCUT2D eigenvalue weighted by atomic mass is 10.00. The molecule has 0 atom stereocenters. The Labute approximate surface area is 173 Å². The summed E-state index contributed by atoms with van der Waals surface area (Å²) in [7, 11) is -4.15. The predicted molar refractivity (Wildman–Crippen MR) is 108 cm³/mol. The quantitative estimate of drug-likeness (QED) is 0.495. The molecule has 0 aliphatic heterocycles. The van der Waals surface area contributed by atoms with Gasteiger partial charge in [0, 0.05) is 5.56 Å². The van der Waals surface area contributed by atoms with E-state index in [1.165, 1.54) is 24.3 Å². The minimum absolute atomic E-state index is 0.177. The highest BCUT2D eigenvalue weighted by atomic mass is 79.9. The van der Waals surface area contributed by atoms with Crippen molar-refractivity contribution in [1.82, 2.24) is 9.97 Å². The molecule has 5 nitrogen and oxygen atoms in total. The summed E-state index contributed by atoms with van der Waals surface area (Å²) in [4.78, 5) is 7.80. The molecular weight excluding hydrogens is 471 g/mol. The summed E-state index contributed by atoms with van der Waals surface area (Å²) in [5, 5.41) is -0.304. The average molecular weight is 484 g/mol. The van der Waals surface area contributed by atoms with Crippen molar-refractivity contribution in [2.24, 2.45) is 0 Å². The van der Waals surface area contributed by atoms with Crippen LogP contribution < -0.4 is 4.72 Å². The van der Waals surface area contributed by atoms with Crippen LogP contribution in [0.5, 0.6) is 0 Å². The standard InChI is InChI=1S/C19H13BrF3N3O2S/c1-2-12-6-3-4-7-13(12)18-14(19(21,22)23)10-11-16(25-18)26-29(27,28)17-9-5-8-15(20)24-17/h2-11H,1H2,(H,25,26). The Morgan fingerprint density at radius 2 is 1.72 bits per heavy atom. The third kappa shape index (κ3) is 4.65. The summed E-state index contributed by atoms with van der Waals surface area (Å²) >= 11 is 3.08. The fourth-order valence-corrected chi connectivity index (χ4v) is 4.00. The fourth-order valence-electron chi connectivity index (χ4n) is 2.57. The smallest absolute Gasteiger partial charge is 0.262 e. The Balaban J connectivity index is 2.12. The molecule has 0 fully saturated rings. The molecular formula is C19H13BrF3N3O2S. The van der Waals surface area contributed by atoms with Crippen molar-refractivity contribution in [2.75, 3.05) is 4.72 Å². The highest BCUT2D eigenvalue weighted by Crippen LogP contribution is 2.38. The van der Waals surface area contributed by atoms with Gasteiger partial charge in [-0.15, -0.1) is 0 Å². The molecule has 3 aromatic rings. The van der Waals surface area contributed by atoms with E-state index in [1.807, 2.05) is 0 Å². The summed E-state index contributed by atoms with van der Waals surface area (Å²) in [5.74, 6) is -0.270. The molecule has 3 rings (SSSR count). The molecule has 10 heteroatoms. The minimum atomic E-state index is -4.68. The van der Waals surface area contributed by atoms with Crippen LogP contribution in [0.2, 0.25) is 0 Å². The molecule has 0 saturated heterocycles. The normalized spacial score (nSPS) is 11.9. The van der Waals surface area contributed by atoms with E-state index >= 15 is 0 Å². The molecule has 2 heterocycles. The highest BCUT2D eigenvalue weighted by molar-refractivity contribution is 9.10. The molecule has 0 bridgehead atoms. The molecule has 2 aromatic heterocycles. The van der Waals surface area contributed by atoms with Gasteiger partial charge in [0.05, 0.1) is 11.3 Å². The summed E-state index contributed by atoms with van der Waals surface area (Å²) in [6, 6.07) is 12.3. The second kappa shape index (κ2) is 7.96. The van der Waals surface area contributed by atoms with Crippen LogP contribution in [0, 0.1) is 0 Å². The van der Waals surface area contributed by atoms with Crippen molar-refractivity contribution in [3.05, 3.63) is 76.9 Å². The molecule has 0 unspecified atom stereocenters. The lowest BCUT2D eigenvalue weighted by Crippen LogP contribution is -2.17. The van der Waals surface area contributed by atoms with Crippen molar-refractivity contribution < 1.29 is 21.6 Å². The summed E-state index contributed by atoms with van der Waals surface area (Å²) < 4.78 is 68.1. The topological polar surface area (TPSA) is 72.0 Å². The number of nitrogens with one attached hydrogen (secondary N) is 1. The number of pyridine rings is 2. The second-order valence-electron chi connectivity index (χ2n) is 5.79. The predicted octanol–water partition coefficient (Wildman–Crippen LogP) is 5.37. The molecule has 0 aliphatic carbocycles. The zero-order valence-corrected chi connectivity index (χ0v) is 17.0. The number of halogens is 4. The molecule has 1 aromatic carbocycles. The van der Waals surface area contributed by atoms with Gasteiger partial charge < -0.3 is 0 Å².